The van der Waals surface area contributed by atoms with Gasteiger partial charge in [-0.05, 0) is 36.2 Å². The Labute approximate surface area is 145 Å². The molecule has 6 nitrogen and oxygen atoms in total. The van der Waals surface area contributed by atoms with Gasteiger partial charge >= 0.3 is 11.2 Å². The van der Waals surface area contributed by atoms with Crippen molar-refractivity contribution in [1.29, 1.82) is 0 Å². The van der Waals surface area contributed by atoms with Gasteiger partial charge in [0.25, 0.3) is 17.8 Å². The molecule has 0 saturated carbocycles. The normalized spacial score (nSPS) is 20.7. The number of carbonyl (C=O) groups excluding carboxylic acids is 2. The molecule has 126 valence electrons. The van der Waals surface area contributed by atoms with E-state index in [0.717, 1.165) is 10.9 Å². The number of fused-ring (bicyclic) bond motifs is 1. The summed E-state index contributed by atoms with van der Waals surface area (Å²) in [6.07, 6.45) is 0. The minimum Gasteiger partial charge on any atom is -0.269 e. The second-order valence-corrected chi connectivity index (χ2v) is 6.90. The van der Waals surface area contributed by atoms with Crippen LogP contribution in [0.1, 0.15) is 18.1 Å². The lowest BCUT2D eigenvalue weighted by Gasteiger charge is -2.30. The first-order valence-electron chi connectivity index (χ1n) is 7.89. The van der Waals surface area contributed by atoms with E-state index in [1.165, 1.54) is 28.0 Å². The predicted molar refractivity (Wildman–Crippen MR) is 95.4 cm³/mol. The number of amidine groups is 2. The first-order chi connectivity index (χ1) is 11.4. The van der Waals surface area contributed by atoms with Crippen molar-refractivity contribution in [3.63, 3.8) is 0 Å². The Kier molecular flexibility index (Phi) is 4.45. The molecule has 3 rings (SSSR count). The molecule has 1 atom stereocenters. The fraction of sp³-hybridized carbons (Fsp3) is 0.412. The summed E-state index contributed by atoms with van der Waals surface area (Å²) in [6.45, 7) is 4.72. The lowest BCUT2D eigenvalue weighted by Crippen LogP contribution is -2.61. The van der Waals surface area contributed by atoms with E-state index in [1.54, 1.807) is 18.8 Å². The standard InChI is InChI=1S/C17H21N4O2S/c1-5-21-13-14(19(3)17(23)20(4)15(13)22)18-16(21)24-10-12-8-6-11(2)7-9-12/h6-9,13H,5,10H2,1-4H3/q+1. The van der Waals surface area contributed by atoms with E-state index < -0.39 is 6.04 Å². The Morgan fingerprint density at radius 2 is 1.83 bits per heavy atom. The van der Waals surface area contributed by atoms with Gasteiger partial charge < -0.3 is 0 Å². The molecule has 0 aromatic heterocycles. The molecule has 1 unspecified atom stereocenters. The molecular formula is C17H21N4O2S+. The van der Waals surface area contributed by atoms with E-state index in [2.05, 4.69) is 36.2 Å². The number of aryl methyl sites for hydroxylation is 1. The van der Waals surface area contributed by atoms with Crippen molar-refractivity contribution >= 4 is 34.7 Å². The zero-order chi connectivity index (χ0) is 17.4. The van der Waals surface area contributed by atoms with E-state index in [1.807, 2.05) is 11.5 Å². The van der Waals surface area contributed by atoms with Gasteiger partial charge in [-0.3, -0.25) is 14.6 Å². The summed E-state index contributed by atoms with van der Waals surface area (Å²) in [7, 11) is 3.18. The highest BCUT2D eigenvalue weighted by Gasteiger charge is 2.52. The van der Waals surface area contributed by atoms with Crippen molar-refractivity contribution in [2.45, 2.75) is 25.6 Å². The monoisotopic (exact) mass is 345 g/mol. The first-order valence-corrected chi connectivity index (χ1v) is 8.88. The number of benzene rings is 1. The third-order valence-corrected chi connectivity index (χ3v) is 5.39. The molecule has 2 heterocycles. The maximum absolute atomic E-state index is 12.5. The summed E-state index contributed by atoms with van der Waals surface area (Å²) in [6, 6.07) is 7.54. The van der Waals surface area contributed by atoms with Crippen LogP contribution in [0.2, 0.25) is 0 Å². The molecule has 1 saturated heterocycles. The number of likely N-dealkylation sites (N-methyl/N-ethyl adjacent to an activating group) is 3. The van der Waals surface area contributed by atoms with Gasteiger partial charge in [0.1, 0.15) is 0 Å². The third-order valence-electron chi connectivity index (χ3n) is 4.32. The van der Waals surface area contributed by atoms with Crippen LogP contribution in [0.4, 0.5) is 4.79 Å². The second-order valence-electron chi connectivity index (χ2n) is 5.95. The largest absolute Gasteiger partial charge is 0.358 e. The fourth-order valence-electron chi connectivity index (χ4n) is 2.84. The van der Waals surface area contributed by atoms with E-state index in [-0.39, 0.29) is 11.9 Å². The third kappa shape index (κ3) is 2.73. The average Bonchev–Trinajstić information content (AvgIpc) is 2.96. The Hall–Kier alpha value is -2.15. The molecule has 7 heteroatoms. The lowest BCUT2D eigenvalue weighted by molar-refractivity contribution is -0.529. The highest BCUT2D eigenvalue weighted by atomic mass is 32.2. The fourth-order valence-corrected chi connectivity index (χ4v) is 3.89. The van der Waals surface area contributed by atoms with Gasteiger partial charge in [0.05, 0.1) is 6.54 Å². The number of thioether (sulfide) groups is 1. The van der Waals surface area contributed by atoms with Crippen LogP contribution in [0.25, 0.3) is 0 Å². The Morgan fingerprint density at radius 1 is 1.17 bits per heavy atom. The number of aliphatic imine (C=N–C) groups is 1. The summed E-state index contributed by atoms with van der Waals surface area (Å²) in [5.41, 5.74) is 2.43. The zero-order valence-corrected chi connectivity index (χ0v) is 15.1. The highest BCUT2D eigenvalue weighted by molar-refractivity contribution is 8.13. The van der Waals surface area contributed by atoms with Crippen molar-refractivity contribution in [2.24, 2.45) is 4.99 Å². The number of hydrogen-bond acceptors (Lipinski definition) is 4. The van der Waals surface area contributed by atoms with Gasteiger partial charge in [-0.25, -0.2) is 9.37 Å². The molecule has 1 aromatic carbocycles. The van der Waals surface area contributed by atoms with E-state index >= 15 is 0 Å². The number of imide groups is 1. The molecule has 2 aliphatic rings. The number of rotatable bonds is 3. The number of urea groups is 1. The van der Waals surface area contributed by atoms with Gasteiger partial charge in [0, 0.05) is 19.8 Å². The molecule has 1 aromatic rings. The quantitative estimate of drug-likeness (QED) is 0.787. The summed E-state index contributed by atoms with van der Waals surface area (Å²) >= 11 is 1.59. The maximum atomic E-state index is 12.5. The molecule has 0 N–H and O–H groups in total. The van der Waals surface area contributed by atoms with Crippen molar-refractivity contribution in [3.05, 3.63) is 35.4 Å². The van der Waals surface area contributed by atoms with Gasteiger partial charge in [-0.2, -0.15) is 0 Å². The van der Waals surface area contributed by atoms with Crippen LogP contribution >= 0.6 is 11.8 Å². The van der Waals surface area contributed by atoms with Crippen LogP contribution in [-0.2, 0) is 10.5 Å². The Bertz CT molecular complexity index is 754. The van der Waals surface area contributed by atoms with Crippen molar-refractivity contribution in [1.82, 2.24) is 9.80 Å². The molecule has 0 radical (unpaired) electrons. The Balaban J connectivity index is 1.86. The van der Waals surface area contributed by atoms with Crippen molar-refractivity contribution in [2.75, 3.05) is 20.6 Å². The summed E-state index contributed by atoms with van der Waals surface area (Å²) < 4.78 is 1.97. The Morgan fingerprint density at radius 3 is 2.46 bits per heavy atom. The van der Waals surface area contributed by atoms with Crippen LogP contribution in [0.5, 0.6) is 0 Å². The van der Waals surface area contributed by atoms with E-state index in [9.17, 15) is 9.59 Å². The molecule has 24 heavy (non-hydrogen) atoms. The number of carbonyl (C=O) groups is 2. The first kappa shape index (κ1) is 16.7. The summed E-state index contributed by atoms with van der Waals surface area (Å²) in [5.74, 6) is 1.08. The predicted octanol–water partition coefficient (Wildman–Crippen LogP) is 1.92. The second kappa shape index (κ2) is 6.39. The summed E-state index contributed by atoms with van der Waals surface area (Å²) in [4.78, 5) is 31.9. The molecule has 2 aliphatic heterocycles. The van der Waals surface area contributed by atoms with Crippen LogP contribution in [0, 0.1) is 6.92 Å². The van der Waals surface area contributed by atoms with E-state index in [0.29, 0.717) is 12.4 Å². The van der Waals surface area contributed by atoms with Crippen LogP contribution in [0.15, 0.2) is 29.3 Å². The number of amides is 3. The topological polar surface area (TPSA) is 56.0 Å². The minimum atomic E-state index is -0.497. The van der Waals surface area contributed by atoms with Crippen LogP contribution in [0.3, 0.4) is 0 Å². The van der Waals surface area contributed by atoms with E-state index in [4.69, 9.17) is 0 Å². The highest BCUT2D eigenvalue weighted by Crippen LogP contribution is 2.24. The average molecular weight is 345 g/mol. The SMILES string of the molecule is CC[N+]1=C(SCc2ccc(C)cc2)N=C2C1C(=O)N(C)C(=O)N2C. The van der Waals surface area contributed by atoms with Crippen molar-refractivity contribution in [3.8, 4) is 0 Å². The smallest absolute Gasteiger partial charge is 0.269 e. The summed E-state index contributed by atoms with van der Waals surface area (Å²) in [5, 5.41) is 0.793. The number of hydrogen-bond donors (Lipinski definition) is 0. The molecule has 0 spiro atoms. The lowest BCUT2D eigenvalue weighted by atomic mass is 10.1. The van der Waals surface area contributed by atoms with Gasteiger partial charge in [0.2, 0.25) is 0 Å². The zero-order valence-electron chi connectivity index (χ0n) is 14.3. The maximum Gasteiger partial charge on any atom is 0.358 e. The molecule has 3 amide bonds. The van der Waals surface area contributed by atoms with Crippen LogP contribution < -0.4 is 0 Å². The van der Waals surface area contributed by atoms with Crippen molar-refractivity contribution < 1.29 is 14.2 Å². The molecular weight excluding hydrogens is 324 g/mol. The molecule has 0 aliphatic carbocycles. The number of nitrogens with zero attached hydrogens (tertiary/aromatic N) is 4. The van der Waals surface area contributed by atoms with Gasteiger partial charge in [-0.15, -0.1) is 0 Å². The molecule has 0 bridgehead atoms. The van der Waals surface area contributed by atoms with Gasteiger partial charge in [0.15, 0.2) is 0 Å². The molecule has 1 fully saturated rings. The van der Waals surface area contributed by atoms with Gasteiger partial charge in [-0.1, -0.05) is 29.8 Å². The minimum absolute atomic E-state index is 0.218. The van der Waals surface area contributed by atoms with Crippen LogP contribution in [-0.4, -0.2) is 64.0 Å².